The smallest absolute Gasteiger partial charge is 0.333 e. The molecule has 18 heavy (non-hydrogen) atoms. The second kappa shape index (κ2) is 6.39. The van der Waals surface area contributed by atoms with E-state index in [4.69, 9.17) is 4.74 Å². The maximum atomic E-state index is 11.8. The summed E-state index contributed by atoms with van der Waals surface area (Å²) in [5.41, 5.74) is 2.10. The number of hydrogen-bond acceptors (Lipinski definition) is 2. The van der Waals surface area contributed by atoms with E-state index in [2.05, 4.69) is 25.1 Å². The Kier molecular flexibility index (Phi) is 4.57. The molecule has 0 saturated carbocycles. The van der Waals surface area contributed by atoms with Crippen molar-refractivity contribution in [1.29, 1.82) is 0 Å². The Morgan fingerprint density at radius 1 is 1.22 bits per heavy atom. The van der Waals surface area contributed by atoms with E-state index in [9.17, 15) is 4.79 Å². The Bertz CT molecular complexity index is 420. The van der Waals surface area contributed by atoms with Gasteiger partial charge in [-0.2, -0.15) is 0 Å². The van der Waals surface area contributed by atoms with Gasteiger partial charge in [0.1, 0.15) is 6.10 Å². The summed E-state index contributed by atoms with van der Waals surface area (Å²) in [6.07, 6.45) is 6.75. The molecule has 0 fully saturated rings. The van der Waals surface area contributed by atoms with Crippen LogP contribution in [0.2, 0.25) is 0 Å². The molecule has 0 spiro atoms. The third-order valence-electron chi connectivity index (χ3n) is 3.30. The van der Waals surface area contributed by atoms with E-state index in [1.807, 2.05) is 18.2 Å². The Labute approximate surface area is 109 Å². The fourth-order valence-corrected chi connectivity index (χ4v) is 2.26. The fourth-order valence-electron chi connectivity index (χ4n) is 2.26. The van der Waals surface area contributed by atoms with Crippen molar-refractivity contribution in [3.05, 3.63) is 47.5 Å². The van der Waals surface area contributed by atoms with E-state index < -0.39 is 0 Å². The third kappa shape index (κ3) is 3.46. The third-order valence-corrected chi connectivity index (χ3v) is 3.30. The number of cyclic esters (lactones) is 1. The minimum absolute atomic E-state index is 0.1000. The summed E-state index contributed by atoms with van der Waals surface area (Å²) in [7, 11) is 0. The molecule has 2 rings (SSSR count). The lowest BCUT2D eigenvalue weighted by atomic mass is 10.00. The summed E-state index contributed by atoms with van der Waals surface area (Å²) in [5, 5.41) is 0. The predicted molar refractivity (Wildman–Crippen MR) is 72.3 cm³/mol. The summed E-state index contributed by atoms with van der Waals surface area (Å²) < 4.78 is 5.42. The molecule has 1 atom stereocenters. The lowest BCUT2D eigenvalue weighted by Gasteiger charge is -2.21. The van der Waals surface area contributed by atoms with E-state index in [1.54, 1.807) is 0 Å². The van der Waals surface area contributed by atoms with Crippen molar-refractivity contribution in [3.8, 4) is 0 Å². The molecular formula is C16H20O2. The average Bonchev–Trinajstić information content (AvgIpc) is 2.39. The molecule has 0 aromatic heterocycles. The monoisotopic (exact) mass is 244 g/mol. The molecule has 1 heterocycles. The van der Waals surface area contributed by atoms with Gasteiger partial charge >= 0.3 is 5.97 Å². The van der Waals surface area contributed by atoms with Gasteiger partial charge in [0.15, 0.2) is 0 Å². The minimum atomic E-state index is -0.115. The van der Waals surface area contributed by atoms with Gasteiger partial charge in [-0.15, -0.1) is 0 Å². The van der Waals surface area contributed by atoms with E-state index in [0.717, 1.165) is 37.7 Å². The first kappa shape index (κ1) is 12.9. The Morgan fingerprint density at radius 2 is 2.00 bits per heavy atom. The number of benzene rings is 1. The van der Waals surface area contributed by atoms with Gasteiger partial charge in [-0.05, 0) is 24.8 Å². The summed E-state index contributed by atoms with van der Waals surface area (Å²) in [4.78, 5) is 11.8. The number of rotatable bonds is 5. The molecule has 0 N–H and O–H groups in total. The van der Waals surface area contributed by atoms with Crippen LogP contribution in [0.15, 0.2) is 42.0 Å². The molecule has 1 aliphatic rings. The number of aryl methyl sites for hydroxylation is 1. The molecular weight excluding hydrogens is 224 g/mol. The van der Waals surface area contributed by atoms with Gasteiger partial charge in [-0.25, -0.2) is 4.79 Å². The molecule has 2 heteroatoms. The number of ether oxygens (including phenoxy) is 1. The molecule has 1 aromatic carbocycles. The van der Waals surface area contributed by atoms with Crippen molar-refractivity contribution in [2.75, 3.05) is 0 Å². The molecule has 0 amide bonds. The van der Waals surface area contributed by atoms with Gasteiger partial charge in [0.25, 0.3) is 0 Å². The van der Waals surface area contributed by atoms with Crippen LogP contribution < -0.4 is 0 Å². The lowest BCUT2D eigenvalue weighted by molar-refractivity contribution is -0.146. The van der Waals surface area contributed by atoms with E-state index >= 15 is 0 Å². The summed E-state index contributed by atoms with van der Waals surface area (Å²) >= 11 is 0. The van der Waals surface area contributed by atoms with Crippen molar-refractivity contribution in [3.63, 3.8) is 0 Å². The first-order chi connectivity index (χ1) is 8.79. The Balaban J connectivity index is 1.88. The molecule has 1 aliphatic heterocycles. The average molecular weight is 244 g/mol. The molecule has 1 aromatic rings. The molecule has 0 bridgehead atoms. The first-order valence-corrected chi connectivity index (χ1v) is 6.73. The van der Waals surface area contributed by atoms with Crippen LogP contribution in [-0.4, -0.2) is 12.1 Å². The van der Waals surface area contributed by atoms with Gasteiger partial charge in [-0.1, -0.05) is 49.8 Å². The second-order valence-electron chi connectivity index (χ2n) is 4.77. The van der Waals surface area contributed by atoms with Crippen LogP contribution in [0, 0.1) is 0 Å². The van der Waals surface area contributed by atoms with Crippen molar-refractivity contribution in [1.82, 2.24) is 0 Å². The highest BCUT2D eigenvalue weighted by Gasteiger charge is 2.21. The van der Waals surface area contributed by atoms with E-state index in [0.29, 0.717) is 0 Å². The molecule has 2 nitrogen and oxygen atoms in total. The molecule has 0 aliphatic carbocycles. The number of esters is 1. The SMILES string of the molecule is CCCC1CC=C(CCc2ccccc2)C(=O)O1. The maximum Gasteiger partial charge on any atom is 0.333 e. The van der Waals surface area contributed by atoms with Gasteiger partial charge in [0, 0.05) is 12.0 Å². The van der Waals surface area contributed by atoms with Gasteiger partial charge < -0.3 is 4.74 Å². The van der Waals surface area contributed by atoms with Gasteiger partial charge in [0.2, 0.25) is 0 Å². The zero-order valence-electron chi connectivity index (χ0n) is 10.9. The van der Waals surface area contributed by atoms with Crippen LogP contribution in [0.25, 0.3) is 0 Å². The minimum Gasteiger partial charge on any atom is -0.459 e. The number of carbonyl (C=O) groups is 1. The summed E-state index contributed by atoms with van der Waals surface area (Å²) in [6.45, 7) is 2.11. The standard InChI is InChI=1S/C16H20O2/c1-2-6-15-12-11-14(16(17)18-15)10-9-13-7-4-3-5-8-13/h3-5,7-8,11,15H,2,6,9-10,12H2,1H3. The zero-order chi connectivity index (χ0) is 12.8. The van der Waals surface area contributed by atoms with Crippen molar-refractivity contribution in [2.24, 2.45) is 0 Å². The summed E-state index contributed by atoms with van der Waals surface area (Å²) in [6, 6.07) is 10.2. The largest absolute Gasteiger partial charge is 0.459 e. The molecule has 0 saturated heterocycles. The Morgan fingerprint density at radius 3 is 2.67 bits per heavy atom. The topological polar surface area (TPSA) is 26.3 Å². The highest BCUT2D eigenvalue weighted by molar-refractivity contribution is 5.89. The van der Waals surface area contributed by atoms with Crippen LogP contribution in [0.1, 0.15) is 38.2 Å². The van der Waals surface area contributed by atoms with Gasteiger partial charge in [-0.3, -0.25) is 0 Å². The van der Waals surface area contributed by atoms with Crippen molar-refractivity contribution < 1.29 is 9.53 Å². The number of hydrogen-bond donors (Lipinski definition) is 0. The Hall–Kier alpha value is -1.57. The normalized spacial score (nSPS) is 19.3. The van der Waals surface area contributed by atoms with Gasteiger partial charge in [0.05, 0.1) is 0 Å². The maximum absolute atomic E-state index is 11.8. The molecule has 1 unspecified atom stereocenters. The van der Waals surface area contributed by atoms with Crippen LogP contribution in [0.3, 0.4) is 0 Å². The van der Waals surface area contributed by atoms with Crippen LogP contribution >= 0.6 is 0 Å². The quantitative estimate of drug-likeness (QED) is 0.739. The molecule has 0 radical (unpaired) electrons. The molecule has 96 valence electrons. The lowest BCUT2D eigenvalue weighted by Crippen LogP contribution is -2.23. The van der Waals surface area contributed by atoms with Crippen LogP contribution in [0.4, 0.5) is 0 Å². The highest BCUT2D eigenvalue weighted by atomic mass is 16.5. The van der Waals surface area contributed by atoms with Crippen molar-refractivity contribution >= 4 is 5.97 Å². The summed E-state index contributed by atoms with van der Waals surface area (Å²) in [5.74, 6) is -0.115. The first-order valence-electron chi connectivity index (χ1n) is 6.73. The number of carbonyl (C=O) groups excluding carboxylic acids is 1. The predicted octanol–water partition coefficient (Wildman–Crippen LogP) is 3.66. The fraction of sp³-hybridized carbons (Fsp3) is 0.438. The zero-order valence-corrected chi connectivity index (χ0v) is 10.9. The van der Waals surface area contributed by atoms with E-state index in [1.165, 1.54) is 5.56 Å². The highest BCUT2D eigenvalue weighted by Crippen LogP contribution is 2.21. The van der Waals surface area contributed by atoms with Crippen LogP contribution in [0.5, 0.6) is 0 Å². The van der Waals surface area contributed by atoms with Crippen molar-refractivity contribution in [2.45, 2.75) is 45.1 Å². The van der Waals surface area contributed by atoms with Crippen LogP contribution in [-0.2, 0) is 16.0 Å². The second-order valence-corrected chi connectivity index (χ2v) is 4.77. The van der Waals surface area contributed by atoms with E-state index in [-0.39, 0.29) is 12.1 Å².